The van der Waals surface area contributed by atoms with E-state index < -0.39 is 0 Å². The maximum atomic E-state index is 12.2. The van der Waals surface area contributed by atoms with Gasteiger partial charge in [-0.25, -0.2) is 0 Å². The third-order valence-corrected chi connectivity index (χ3v) is 3.71. The normalized spacial score (nSPS) is 19.7. The quantitative estimate of drug-likeness (QED) is 0.864. The van der Waals surface area contributed by atoms with Crippen molar-refractivity contribution in [3.05, 3.63) is 34.7 Å². The first-order chi connectivity index (χ1) is 9.15. The Morgan fingerprint density at radius 3 is 2.84 bits per heavy atom. The van der Waals surface area contributed by atoms with E-state index in [4.69, 9.17) is 0 Å². The molecule has 5 heteroatoms. The minimum atomic E-state index is -0.0250. The van der Waals surface area contributed by atoms with Crippen molar-refractivity contribution >= 4 is 28.9 Å². The molecule has 0 atom stereocenters. The van der Waals surface area contributed by atoms with Crippen LogP contribution in [0, 0.1) is 0 Å². The molecule has 0 unspecified atom stereocenters. The number of nitrogens with zero attached hydrogens (tertiary/aromatic N) is 2. The highest BCUT2D eigenvalue weighted by Gasteiger charge is 2.31. The zero-order valence-electron chi connectivity index (χ0n) is 11.0. The largest absolute Gasteiger partial charge is 0.508 e. The molecular formula is C14H16N2O2S. The lowest BCUT2D eigenvalue weighted by Gasteiger charge is -2.11. The molecule has 0 aromatic heterocycles. The standard InChI is InChI=1S/C14H16N2O2S/c1-3-15-14-16(4-2)13(18)12(19-14)9-10-6-5-7-11(17)8-10/h5-9,17H,3-4H2,1-2H3/b12-9+,15-14?. The lowest BCUT2D eigenvalue weighted by Crippen LogP contribution is -2.28. The van der Waals surface area contributed by atoms with Crippen molar-refractivity contribution in [3.63, 3.8) is 0 Å². The van der Waals surface area contributed by atoms with Gasteiger partial charge in [-0.05, 0) is 49.4 Å². The number of benzene rings is 1. The summed E-state index contributed by atoms with van der Waals surface area (Å²) < 4.78 is 0. The van der Waals surface area contributed by atoms with Crippen LogP contribution < -0.4 is 0 Å². The van der Waals surface area contributed by atoms with Crippen molar-refractivity contribution < 1.29 is 9.90 Å². The van der Waals surface area contributed by atoms with Gasteiger partial charge in [-0.2, -0.15) is 0 Å². The molecule has 1 aliphatic rings. The Balaban J connectivity index is 2.31. The minimum absolute atomic E-state index is 0.0250. The van der Waals surface area contributed by atoms with Crippen LogP contribution in [0.2, 0.25) is 0 Å². The van der Waals surface area contributed by atoms with E-state index in [0.717, 1.165) is 10.7 Å². The lowest BCUT2D eigenvalue weighted by molar-refractivity contribution is -0.122. The van der Waals surface area contributed by atoms with E-state index in [-0.39, 0.29) is 11.7 Å². The number of likely N-dealkylation sites (N-methyl/N-ethyl adjacent to an activating group) is 1. The van der Waals surface area contributed by atoms with Crippen molar-refractivity contribution in [2.45, 2.75) is 13.8 Å². The highest BCUT2D eigenvalue weighted by molar-refractivity contribution is 8.18. The average molecular weight is 276 g/mol. The van der Waals surface area contributed by atoms with Crippen LogP contribution in [-0.2, 0) is 4.79 Å². The Hall–Kier alpha value is -1.75. The summed E-state index contributed by atoms with van der Waals surface area (Å²) in [6, 6.07) is 6.84. The molecule has 4 nitrogen and oxygen atoms in total. The van der Waals surface area contributed by atoms with Crippen LogP contribution in [0.15, 0.2) is 34.2 Å². The SMILES string of the molecule is CCN=C1S/C(=C/c2cccc(O)c2)C(=O)N1CC. The van der Waals surface area contributed by atoms with Crippen LogP contribution in [-0.4, -0.2) is 34.2 Å². The van der Waals surface area contributed by atoms with Crippen molar-refractivity contribution in [2.75, 3.05) is 13.1 Å². The van der Waals surface area contributed by atoms with Gasteiger partial charge >= 0.3 is 0 Å². The summed E-state index contributed by atoms with van der Waals surface area (Å²) in [5, 5.41) is 10.2. The Morgan fingerprint density at radius 2 is 2.21 bits per heavy atom. The molecule has 1 aromatic carbocycles. The molecular weight excluding hydrogens is 260 g/mol. The first kappa shape index (κ1) is 13.7. The molecule has 0 spiro atoms. The summed E-state index contributed by atoms with van der Waals surface area (Å²) in [5.41, 5.74) is 0.810. The molecule has 1 fully saturated rings. The molecule has 0 saturated carbocycles. The number of carbonyl (C=O) groups is 1. The third-order valence-electron chi connectivity index (χ3n) is 2.67. The van der Waals surface area contributed by atoms with Crippen LogP contribution in [0.3, 0.4) is 0 Å². The predicted molar refractivity (Wildman–Crippen MR) is 79.0 cm³/mol. The predicted octanol–water partition coefficient (Wildman–Crippen LogP) is 2.70. The van der Waals surface area contributed by atoms with E-state index in [1.807, 2.05) is 19.9 Å². The first-order valence-corrected chi connectivity index (χ1v) is 7.02. The van der Waals surface area contributed by atoms with Gasteiger partial charge in [0.05, 0.1) is 4.91 Å². The monoisotopic (exact) mass is 276 g/mol. The topological polar surface area (TPSA) is 52.9 Å². The summed E-state index contributed by atoms with van der Waals surface area (Å²) in [7, 11) is 0. The Labute approximate surface area is 116 Å². The van der Waals surface area contributed by atoms with Crippen LogP contribution >= 0.6 is 11.8 Å². The summed E-state index contributed by atoms with van der Waals surface area (Å²) in [6.07, 6.45) is 1.79. The number of phenols is 1. The zero-order valence-corrected chi connectivity index (χ0v) is 11.8. The zero-order chi connectivity index (χ0) is 13.8. The fraction of sp³-hybridized carbons (Fsp3) is 0.286. The number of phenolic OH excluding ortho intramolecular Hbond substituents is 1. The van der Waals surface area contributed by atoms with Gasteiger partial charge in [0.1, 0.15) is 5.75 Å². The summed E-state index contributed by atoms with van der Waals surface area (Å²) >= 11 is 1.38. The van der Waals surface area contributed by atoms with Crippen LogP contribution in [0.25, 0.3) is 6.08 Å². The highest BCUT2D eigenvalue weighted by atomic mass is 32.2. The van der Waals surface area contributed by atoms with E-state index in [2.05, 4.69) is 4.99 Å². The Kier molecular flexibility index (Phi) is 4.27. The van der Waals surface area contributed by atoms with E-state index in [1.54, 1.807) is 29.2 Å². The molecule has 0 aliphatic carbocycles. The molecule has 0 radical (unpaired) electrons. The highest BCUT2D eigenvalue weighted by Crippen LogP contribution is 2.32. The van der Waals surface area contributed by atoms with Crippen molar-refractivity contribution in [1.29, 1.82) is 0 Å². The van der Waals surface area contributed by atoms with Crippen molar-refractivity contribution in [1.82, 2.24) is 4.90 Å². The number of amides is 1. The molecule has 1 heterocycles. The van der Waals surface area contributed by atoms with Gasteiger partial charge in [0.2, 0.25) is 0 Å². The third kappa shape index (κ3) is 2.98. The second-order valence-corrected chi connectivity index (χ2v) is 5.02. The minimum Gasteiger partial charge on any atom is -0.508 e. The maximum Gasteiger partial charge on any atom is 0.266 e. The van der Waals surface area contributed by atoms with E-state index >= 15 is 0 Å². The van der Waals surface area contributed by atoms with Gasteiger partial charge in [0.15, 0.2) is 5.17 Å². The molecule has 2 rings (SSSR count). The van der Waals surface area contributed by atoms with Crippen molar-refractivity contribution in [3.8, 4) is 5.75 Å². The second kappa shape index (κ2) is 5.93. The lowest BCUT2D eigenvalue weighted by atomic mass is 10.2. The molecule has 1 aromatic rings. The number of aliphatic imine (C=N–C) groups is 1. The van der Waals surface area contributed by atoms with Gasteiger partial charge in [-0.1, -0.05) is 12.1 Å². The van der Waals surface area contributed by atoms with Gasteiger partial charge in [-0.15, -0.1) is 0 Å². The van der Waals surface area contributed by atoms with Crippen LogP contribution in [0.1, 0.15) is 19.4 Å². The first-order valence-electron chi connectivity index (χ1n) is 6.20. The summed E-state index contributed by atoms with van der Waals surface area (Å²) in [4.78, 5) is 18.8. The van der Waals surface area contributed by atoms with Gasteiger partial charge in [0.25, 0.3) is 5.91 Å². The van der Waals surface area contributed by atoms with Gasteiger partial charge < -0.3 is 5.11 Å². The molecule has 19 heavy (non-hydrogen) atoms. The molecule has 1 amide bonds. The van der Waals surface area contributed by atoms with Crippen LogP contribution in [0.4, 0.5) is 0 Å². The Morgan fingerprint density at radius 1 is 1.42 bits per heavy atom. The van der Waals surface area contributed by atoms with Crippen molar-refractivity contribution in [2.24, 2.45) is 4.99 Å². The second-order valence-electron chi connectivity index (χ2n) is 4.01. The number of thioether (sulfide) groups is 1. The molecule has 1 N–H and O–H groups in total. The molecule has 1 saturated heterocycles. The average Bonchev–Trinajstić information content (AvgIpc) is 2.66. The van der Waals surface area contributed by atoms with E-state index in [0.29, 0.717) is 18.0 Å². The summed E-state index contributed by atoms with van der Waals surface area (Å²) in [6.45, 7) is 5.15. The molecule has 100 valence electrons. The number of hydrogen-bond donors (Lipinski definition) is 1. The molecule has 0 bridgehead atoms. The van der Waals surface area contributed by atoms with Gasteiger partial charge in [-0.3, -0.25) is 14.7 Å². The smallest absolute Gasteiger partial charge is 0.266 e. The number of amidine groups is 1. The van der Waals surface area contributed by atoms with E-state index in [9.17, 15) is 9.90 Å². The van der Waals surface area contributed by atoms with Gasteiger partial charge in [0, 0.05) is 13.1 Å². The number of rotatable bonds is 3. The van der Waals surface area contributed by atoms with E-state index in [1.165, 1.54) is 11.8 Å². The number of hydrogen-bond acceptors (Lipinski definition) is 4. The maximum absolute atomic E-state index is 12.2. The van der Waals surface area contributed by atoms with Crippen LogP contribution in [0.5, 0.6) is 5.75 Å². The number of carbonyl (C=O) groups excluding carboxylic acids is 1. The Bertz CT molecular complexity index is 552. The fourth-order valence-corrected chi connectivity index (χ4v) is 2.91. The summed E-state index contributed by atoms with van der Waals surface area (Å²) in [5.74, 6) is 0.169. The molecule has 1 aliphatic heterocycles. The number of aromatic hydroxyl groups is 1. The fourth-order valence-electron chi connectivity index (χ4n) is 1.81.